The summed E-state index contributed by atoms with van der Waals surface area (Å²) < 4.78 is 20.8. The van der Waals surface area contributed by atoms with Crippen LogP contribution >= 0.6 is 0 Å². The predicted molar refractivity (Wildman–Crippen MR) is 316 cm³/mol. The van der Waals surface area contributed by atoms with Gasteiger partial charge in [0.15, 0.2) is 0 Å². The molecule has 11 aromatic rings. The number of hydrogen-bond acceptors (Lipinski definition) is 3. The molecule has 0 saturated carbocycles. The van der Waals surface area contributed by atoms with Crippen molar-refractivity contribution in [2.45, 2.75) is 72.6 Å². The van der Waals surface area contributed by atoms with E-state index in [4.69, 9.17) is 9.97 Å². The SMILES string of the molecule is [2H]C(C)(C)c1cc(-c2nc3c(-c4cc(-c5ccccc5)cc(-c5cc(-c6ccc(-c7ccccc7)cc6)ccn5)c4)cccc3n2-c2cc(C)c(-c3ccc(C(C)(C)C)cc3)cc2-c2ccccc2)c(O)c(C([2H])(C)C)c1. The maximum absolute atomic E-state index is 12.6. The van der Waals surface area contributed by atoms with E-state index in [1.165, 1.54) is 11.1 Å². The van der Waals surface area contributed by atoms with Crippen LogP contribution in [-0.2, 0) is 5.41 Å². The van der Waals surface area contributed by atoms with Crippen molar-refractivity contribution in [3.63, 3.8) is 0 Å². The van der Waals surface area contributed by atoms with E-state index in [-0.39, 0.29) is 11.2 Å². The molecule has 0 saturated heterocycles. The van der Waals surface area contributed by atoms with Crippen LogP contribution in [0.1, 0.15) is 85.2 Å². The van der Waals surface area contributed by atoms with Gasteiger partial charge >= 0.3 is 0 Å². The maximum atomic E-state index is 12.6. The number of rotatable bonds is 11. The molecule has 0 fully saturated rings. The van der Waals surface area contributed by atoms with Crippen molar-refractivity contribution in [3.8, 4) is 101 Å². The highest BCUT2D eigenvalue weighted by molar-refractivity contribution is 5.99. The molecule has 0 unspecified atom stereocenters. The fourth-order valence-electron chi connectivity index (χ4n) is 10.4. The number of nitrogens with zero attached hydrogens (tertiary/aromatic N) is 3. The molecule has 11 rings (SSSR count). The van der Waals surface area contributed by atoms with Gasteiger partial charge in [-0.3, -0.25) is 9.55 Å². The molecule has 0 atom stereocenters. The van der Waals surface area contributed by atoms with Crippen molar-refractivity contribution < 1.29 is 7.85 Å². The van der Waals surface area contributed by atoms with Gasteiger partial charge < -0.3 is 5.11 Å². The Labute approximate surface area is 445 Å². The summed E-state index contributed by atoms with van der Waals surface area (Å²) in [5.41, 5.74) is 20.9. The van der Waals surface area contributed by atoms with Crippen LogP contribution in [0.25, 0.3) is 106 Å². The molecule has 0 aliphatic rings. The molecule has 0 radical (unpaired) electrons. The second kappa shape index (κ2) is 20.0. The van der Waals surface area contributed by atoms with Gasteiger partial charge in [0.1, 0.15) is 11.6 Å². The minimum Gasteiger partial charge on any atom is -0.507 e. The largest absolute Gasteiger partial charge is 0.507 e. The van der Waals surface area contributed by atoms with Crippen LogP contribution in [0.2, 0.25) is 0 Å². The van der Waals surface area contributed by atoms with Crippen molar-refractivity contribution in [3.05, 3.63) is 241 Å². The van der Waals surface area contributed by atoms with Crippen LogP contribution in [0.3, 0.4) is 0 Å². The Kier molecular flexibility index (Phi) is 12.3. The number of benzene rings is 9. The topological polar surface area (TPSA) is 50.9 Å². The summed E-state index contributed by atoms with van der Waals surface area (Å²) in [7, 11) is 0. The second-order valence-corrected chi connectivity index (χ2v) is 21.3. The summed E-state index contributed by atoms with van der Waals surface area (Å²) in [6.45, 7) is 16.1. The lowest BCUT2D eigenvalue weighted by Crippen LogP contribution is -2.10. The zero-order chi connectivity index (χ0) is 53.8. The fourth-order valence-corrected chi connectivity index (χ4v) is 10.4. The van der Waals surface area contributed by atoms with Crippen LogP contribution in [0, 0.1) is 6.92 Å². The van der Waals surface area contributed by atoms with Crippen molar-refractivity contribution >= 4 is 11.0 Å². The third-order valence-corrected chi connectivity index (χ3v) is 14.6. The first-order valence-corrected chi connectivity index (χ1v) is 25.9. The third kappa shape index (κ3) is 9.61. The molecule has 4 heteroatoms. The second-order valence-electron chi connectivity index (χ2n) is 21.3. The normalized spacial score (nSPS) is 12.4. The van der Waals surface area contributed by atoms with Crippen LogP contribution in [0.5, 0.6) is 5.75 Å². The Balaban J connectivity index is 1.16. The van der Waals surface area contributed by atoms with Crippen molar-refractivity contribution in [1.29, 1.82) is 0 Å². The molecule has 0 spiro atoms. The summed E-state index contributed by atoms with van der Waals surface area (Å²) in [5.74, 6) is -1.76. The molecule has 2 heterocycles. The number of aromatic hydroxyl groups is 1. The maximum Gasteiger partial charge on any atom is 0.149 e. The zero-order valence-corrected chi connectivity index (χ0v) is 44.1. The minimum atomic E-state index is -1.19. The molecule has 75 heavy (non-hydrogen) atoms. The number of para-hydroxylation sites is 1. The molecule has 4 nitrogen and oxygen atoms in total. The first-order valence-electron chi connectivity index (χ1n) is 26.9. The van der Waals surface area contributed by atoms with Gasteiger partial charge in [-0.2, -0.15) is 0 Å². The Morgan fingerprint density at radius 1 is 0.467 bits per heavy atom. The first-order chi connectivity index (χ1) is 36.9. The Morgan fingerprint density at radius 3 is 1.65 bits per heavy atom. The third-order valence-electron chi connectivity index (χ3n) is 14.6. The number of phenolic OH excluding ortho intramolecular Hbond substituents is 1. The predicted octanol–water partition coefficient (Wildman–Crippen LogP) is 19.3. The Bertz CT molecular complexity index is 3960. The van der Waals surface area contributed by atoms with Gasteiger partial charge in [-0.15, -0.1) is 0 Å². The van der Waals surface area contributed by atoms with E-state index in [1.807, 2.05) is 50.4 Å². The minimum absolute atomic E-state index is 0.0143. The number of fused-ring (bicyclic) bond motifs is 1. The molecular weight excluding hydrogens is 911 g/mol. The van der Waals surface area contributed by atoms with E-state index in [0.717, 1.165) is 94.7 Å². The highest BCUT2D eigenvalue weighted by Crippen LogP contribution is 2.46. The smallest absolute Gasteiger partial charge is 0.149 e. The summed E-state index contributed by atoms with van der Waals surface area (Å²) in [5, 5.41) is 12.6. The van der Waals surface area contributed by atoms with Crippen LogP contribution < -0.4 is 0 Å². The lowest BCUT2D eigenvalue weighted by Gasteiger charge is -2.22. The molecular formula is C71H63N3O. The average molecular weight is 976 g/mol. The number of phenols is 1. The van der Waals surface area contributed by atoms with Crippen molar-refractivity contribution in [2.24, 2.45) is 0 Å². The summed E-state index contributed by atoms with van der Waals surface area (Å²) in [6.07, 6.45) is 1.89. The lowest BCUT2D eigenvalue weighted by molar-refractivity contribution is 0.466. The highest BCUT2D eigenvalue weighted by Gasteiger charge is 2.26. The molecule has 9 aromatic carbocycles. The van der Waals surface area contributed by atoms with Gasteiger partial charge in [0.2, 0.25) is 0 Å². The number of aryl methyl sites for hydroxylation is 1. The summed E-state index contributed by atoms with van der Waals surface area (Å²) >= 11 is 0. The van der Waals surface area contributed by atoms with E-state index < -0.39 is 11.8 Å². The standard InChI is InChI=1S/C71H63N3O/c1-45(2)55-41-61(46(3)4)69(75)64(42-55)70-73-68-60(25-18-26-66(68)74(70)67-37-47(5)62(44-63(67)52-23-16-11-17-24-52)53-31-33-59(34-32-53)71(6,7)8)57-38-56(49-21-14-10-15-22-49)39-58(40-57)65-43-54(35-36-72-65)51-29-27-50(28-30-51)48-19-12-9-13-20-48/h9-46,75H,1-8H3/i45D,46D. The van der Waals surface area contributed by atoms with Crippen molar-refractivity contribution in [1.82, 2.24) is 14.5 Å². The van der Waals surface area contributed by atoms with Gasteiger partial charge in [-0.05, 0) is 157 Å². The van der Waals surface area contributed by atoms with E-state index >= 15 is 0 Å². The molecule has 2 aromatic heterocycles. The van der Waals surface area contributed by atoms with Crippen LogP contribution in [0.4, 0.5) is 0 Å². The van der Waals surface area contributed by atoms with Gasteiger partial charge in [-0.25, -0.2) is 4.98 Å². The highest BCUT2D eigenvalue weighted by atomic mass is 16.3. The lowest BCUT2D eigenvalue weighted by atomic mass is 9.85. The molecule has 0 aliphatic carbocycles. The Hall–Kier alpha value is -8.60. The van der Waals surface area contributed by atoms with Gasteiger partial charge in [-0.1, -0.05) is 206 Å². The molecule has 1 N–H and O–H groups in total. The first kappa shape index (κ1) is 46.2. The molecule has 0 bridgehead atoms. The fraction of sp³-hybridized carbons (Fsp3) is 0.155. The summed E-state index contributed by atoms with van der Waals surface area (Å²) in [6, 6.07) is 74.5. The van der Waals surface area contributed by atoms with Gasteiger partial charge in [0.25, 0.3) is 0 Å². The average Bonchev–Trinajstić information content (AvgIpc) is 4.06. The molecule has 0 aliphatic heterocycles. The van der Waals surface area contributed by atoms with E-state index in [2.05, 4.69) is 214 Å². The zero-order valence-electron chi connectivity index (χ0n) is 46.1. The number of imidazole rings is 1. The van der Waals surface area contributed by atoms with Crippen molar-refractivity contribution in [2.75, 3.05) is 0 Å². The summed E-state index contributed by atoms with van der Waals surface area (Å²) in [4.78, 5) is 10.7. The Morgan fingerprint density at radius 2 is 1.03 bits per heavy atom. The number of hydrogen-bond donors (Lipinski definition) is 1. The number of pyridine rings is 1. The quantitative estimate of drug-likeness (QED) is 0.140. The monoisotopic (exact) mass is 976 g/mol. The molecule has 0 amide bonds. The van der Waals surface area contributed by atoms with Gasteiger partial charge in [0.05, 0.1) is 28.0 Å². The van der Waals surface area contributed by atoms with E-state index in [9.17, 15) is 7.85 Å². The molecule has 368 valence electrons. The van der Waals surface area contributed by atoms with Crippen LogP contribution in [0.15, 0.2) is 219 Å². The van der Waals surface area contributed by atoms with E-state index in [1.54, 1.807) is 13.8 Å². The van der Waals surface area contributed by atoms with Crippen LogP contribution in [-0.4, -0.2) is 19.6 Å². The number of aromatic nitrogens is 3. The van der Waals surface area contributed by atoms with Gasteiger partial charge in [0, 0.05) is 25.6 Å². The van der Waals surface area contributed by atoms with E-state index in [0.29, 0.717) is 22.5 Å².